The summed E-state index contributed by atoms with van der Waals surface area (Å²) in [6.07, 6.45) is 0. The average Bonchev–Trinajstić information content (AvgIpc) is 2.86. The molecule has 0 saturated heterocycles. The second-order valence-corrected chi connectivity index (χ2v) is 7.80. The maximum Gasteiger partial charge on any atom is 0.319 e. The predicted molar refractivity (Wildman–Crippen MR) is 99.9 cm³/mol. The smallest absolute Gasteiger partial charge is 0.319 e. The zero-order valence-corrected chi connectivity index (χ0v) is 15.9. The van der Waals surface area contributed by atoms with E-state index in [1.807, 2.05) is 47.0 Å². The number of carboxylic acid groups (broad SMARTS) is 1. The van der Waals surface area contributed by atoms with Crippen molar-refractivity contribution in [3.05, 3.63) is 47.2 Å². The summed E-state index contributed by atoms with van der Waals surface area (Å²) in [5.74, 6) is -0.897. The molecule has 5 nitrogen and oxygen atoms in total. The Hall–Kier alpha value is -1.26. The fourth-order valence-electron chi connectivity index (χ4n) is 2.20. The Morgan fingerprint density at radius 3 is 2.54 bits per heavy atom. The molecule has 119 valence electrons. The molecule has 2 aromatic carbocycles. The van der Waals surface area contributed by atoms with Crippen molar-refractivity contribution in [1.82, 2.24) is 14.8 Å². The van der Waals surface area contributed by atoms with E-state index in [9.17, 15) is 9.90 Å². The summed E-state index contributed by atoms with van der Waals surface area (Å²) in [5.41, 5.74) is 0.906. The Kier molecular flexibility index (Phi) is 5.81. The molecule has 0 saturated carbocycles. The van der Waals surface area contributed by atoms with Gasteiger partial charge in [-0.05, 0) is 41.2 Å². The van der Waals surface area contributed by atoms with Gasteiger partial charge in [0.1, 0.15) is 4.75 Å². The molecular formula is C16H14BrLiN3O2S. The number of rotatable bonds is 4. The monoisotopic (exact) mass is 398 g/mol. The first kappa shape index (κ1) is 19.1. The largest absolute Gasteiger partial charge is 0.480 e. The van der Waals surface area contributed by atoms with Gasteiger partial charge in [0.15, 0.2) is 5.16 Å². The molecule has 0 atom stereocenters. The zero-order chi connectivity index (χ0) is 16.6. The molecule has 1 radical (unpaired) electrons. The summed E-state index contributed by atoms with van der Waals surface area (Å²) in [7, 11) is 0. The molecular weight excluding hydrogens is 385 g/mol. The normalized spacial score (nSPS) is 11.3. The van der Waals surface area contributed by atoms with Gasteiger partial charge in [0.05, 0.1) is 5.69 Å². The molecule has 1 heterocycles. The van der Waals surface area contributed by atoms with Crippen LogP contribution >= 0.6 is 27.7 Å². The Labute approximate surface area is 164 Å². The van der Waals surface area contributed by atoms with Gasteiger partial charge in [-0.3, -0.25) is 9.36 Å². The van der Waals surface area contributed by atoms with Gasteiger partial charge in [-0.25, -0.2) is 0 Å². The van der Waals surface area contributed by atoms with Crippen LogP contribution in [-0.4, -0.2) is 49.4 Å². The molecule has 1 N–H and O–H groups in total. The summed E-state index contributed by atoms with van der Waals surface area (Å²) < 4.78 is 1.37. The third-order valence-electron chi connectivity index (χ3n) is 3.46. The number of fused-ring (bicyclic) bond motifs is 1. The molecule has 0 fully saturated rings. The third kappa shape index (κ3) is 3.55. The van der Waals surface area contributed by atoms with Crippen LogP contribution in [0.5, 0.6) is 0 Å². The number of thioether (sulfide) groups is 1. The summed E-state index contributed by atoms with van der Waals surface area (Å²) in [4.78, 5) is 11.4. The van der Waals surface area contributed by atoms with Crippen LogP contribution in [0.4, 0.5) is 0 Å². The van der Waals surface area contributed by atoms with Gasteiger partial charge in [-0.15, -0.1) is 10.2 Å². The Bertz CT molecular complexity index is 893. The average molecular weight is 399 g/mol. The molecule has 0 aliphatic heterocycles. The van der Waals surface area contributed by atoms with E-state index in [1.54, 1.807) is 13.8 Å². The first-order valence-electron chi connectivity index (χ1n) is 6.91. The molecule has 0 unspecified atom stereocenters. The van der Waals surface area contributed by atoms with Crippen LogP contribution in [0.1, 0.15) is 13.8 Å². The van der Waals surface area contributed by atoms with Gasteiger partial charge >= 0.3 is 5.97 Å². The fourth-order valence-corrected chi connectivity index (χ4v) is 3.65. The van der Waals surface area contributed by atoms with Gasteiger partial charge in [-0.1, -0.05) is 48.2 Å². The quantitative estimate of drug-likeness (QED) is 0.535. The molecule has 0 aliphatic rings. The van der Waals surface area contributed by atoms with Crippen LogP contribution < -0.4 is 0 Å². The second-order valence-electron chi connectivity index (χ2n) is 5.50. The van der Waals surface area contributed by atoms with Crippen molar-refractivity contribution >= 4 is 63.3 Å². The fraction of sp³-hybridized carbons (Fsp3) is 0.188. The standard InChI is InChI=1S/C16H14BrN3O2S.Li/c1-16(2,13(21)22)23-15-19-18-14(17)20(15)12-9-5-7-10-6-3-4-8-11(10)12;/h3-9H,1-2H3,(H,21,22);. The Balaban J connectivity index is 0.00000208. The van der Waals surface area contributed by atoms with Crippen molar-refractivity contribution in [3.63, 3.8) is 0 Å². The Morgan fingerprint density at radius 1 is 1.17 bits per heavy atom. The predicted octanol–water partition coefficient (Wildman–Crippen LogP) is 3.76. The van der Waals surface area contributed by atoms with Crippen LogP contribution in [-0.2, 0) is 4.79 Å². The molecule has 0 bridgehead atoms. The van der Waals surface area contributed by atoms with Gasteiger partial charge in [-0.2, -0.15) is 0 Å². The zero-order valence-electron chi connectivity index (χ0n) is 13.5. The molecule has 0 aliphatic carbocycles. The number of aliphatic carboxylic acids is 1. The van der Waals surface area contributed by atoms with Crippen molar-refractivity contribution in [1.29, 1.82) is 0 Å². The van der Waals surface area contributed by atoms with Gasteiger partial charge in [0.2, 0.25) is 4.73 Å². The first-order chi connectivity index (χ1) is 10.9. The number of carboxylic acids is 1. The van der Waals surface area contributed by atoms with E-state index in [2.05, 4.69) is 26.1 Å². The summed E-state index contributed by atoms with van der Waals surface area (Å²) in [6.45, 7) is 3.30. The minimum absolute atomic E-state index is 0. The van der Waals surface area contributed by atoms with Crippen molar-refractivity contribution in [2.24, 2.45) is 0 Å². The van der Waals surface area contributed by atoms with Crippen molar-refractivity contribution < 1.29 is 9.90 Å². The maximum atomic E-state index is 11.4. The van der Waals surface area contributed by atoms with Crippen LogP contribution in [0, 0.1) is 0 Å². The number of aromatic nitrogens is 3. The minimum Gasteiger partial charge on any atom is -0.480 e. The second kappa shape index (κ2) is 7.32. The summed E-state index contributed by atoms with van der Waals surface area (Å²) in [6, 6.07) is 14.0. The van der Waals surface area contributed by atoms with Crippen LogP contribution in [0.15, 0.2) is 52.4 Å². The van der Waals surface area contributed by atoms with Crippen LogP contribution in [0.2, 0.25) is 0 Å². The maximum absolute atomic E-state index is 11.4. The SMILES string of the molecule is CC(C)(Sc1nnc(Br)n1-c1cccc2ccccc12)C(=O)O.[Li]. The van der Waals surface area contributed by atoms with Gasteiger partial charge in [0, 0.05) is 24.2 Å². The topological polar surface area (TPSA) is 68.0 Å². The van der Waals surface area contributed by atoms with E-state index < -0.39 is 10.7 Å². The number of halogens is 1. The molecule has 8 heteroatoms. The Morgan fingerprint density at radius 2 is 1.83 bits per heavy atom. The van der Waals surface area contributed by atoms with Crippen molar-refractivity contribution in [2.45, 2.75) is 23.8 Å². The molecule has 3 aromatic rings. The molecule has 24 heavy (non-hydrogen) atoms. The molecule has 3 rings (SSSR count). The van der Waals surface area contributed by atoms with E-state index in [0.29, 0.717) is 9.89 Å². The van der Waals surface area contributed by atoms with E-state index in [-0.39, 0.29) is 18.9 Å². The minimum atomic E-state index is -1.01. The van der Waals surface area contributed by atoms with Gasteiger partial charge < -0.3 is 5.11 Å². The first-order valence-corrected chi connectivity index (χ1v) is 8.52. The van der Waals surface area contributed by atoms with Crippen molar-refractivity contribution in [2.75, 3.05) is 0 Å². The summed E-state index contributed by atoms with van der Waals surface area (Å²) >= 11 is 4.58. The number of carbonyl (C=O) groups is 1. The third-order valence-corrected chi connectivity index (χ3v) is 5.11. The van der Waals surface area contributed by atoms with E-state index in [0.717, 1.165) is 28.2 Å². The molecule has 0 spiro atoms. The summed E-state index contributed by atoms with van der Waals surface area (Å²) in [5, 5.41) is 20.2. The number of hydrogen-bond acceptors (Lipinski definition) is 4. The van der Waals surface area contributed by atoms with E-state index in [4.69, 9.17) is 0 Å². The number of benzene rings is 2. The van der Waals surface area contributed by atoms with Crippen molar-refractivity contribution in [3.8, 4) is 5.69 Å². The van der Waals surface area contributed by atoms with Crippen LogP contribution in [0.25, 0.3) is 16.5 Å². The molecule has 1 aromatic heterocycles. The van der Waals surface area contributed by atoms with Gasteiger partial charge in [0.25, 0.3) is 0 Å². The van der Waals surface area contributed by atoms with Crippen LogP contribution in [0.3, 0.4) is 0 Å². The number of hydrogen-bond donors (Lipinski definition) is 1. The number of nitrogens with zero attached hydrogens (tertiary/aromatic N) is 3. The van der Waals surface area contributed by atoms with E-state index >= 15 is 0 Å². The molecule has 0 amide bonds. The van der Waals surface area contributed by atoms with E-state index in [1.165, 1.54) is 0 Å².